The predicted octanol–water partition coefficient (Wildman–Crippen LogP) is 4.06. The highest BCUT2D eigenvalue weighted by atomic mass is 35.5. The van der Waals surface area contributed by atoms with Gasteiger partial charge in [0.2, 0.25) is 0 Å². The third kappa shape index (κ3) is 3.80. The van der Waals surface area contributed by atoms with Crippen LogP contribution in [0.5, 0.6) is 0 Å². The molecule has 0 bridgehead atoms. The average Bonchev–Trinajstić information content (AvgIpc) is 2.22. The number of benzene rings is 1. The molecule has 0 heterocycles. The van der Waals surface area contributed by atoms with Crippen LogP contribution in [0.4, 0.5) is 4.39 Å². The summed E-state index contributed by atoms with van der Waals surface area (Å²) in [5.74, 6) is -0.277. The summed E-state index contributed by atoms with van der Waals surface area (Å²) in [7, 11) is 0. The number of halogens is 2. The molecule has 0 saturated heterocycles. The zero-order chi connectivity index (χ0) is 11.3. The van der Waals surface area contributed by atoms with Gasteiger partial charge in [0.1, 0.15) is 5.82 Å². The maximum absolute atomic E-state index is 13.0. The van der Waals surface area contributed by atoms with Crippen molar-refractivity contribution in [2.24, 2.45) is 5.73 Å². The molecule has 1 atom stereocenters. The van der Waals surface area contributed by atoms with Crippen molar-refractivity contribution >= 4 is 11.6 Å². The molecule has 3 heteroatoms. The minimum absolute atomic E-state index is 0.153. The van der Waals surface area contributed by atoms with Gasteiger partial charge < -0.3 is 5.73 Å². The van der Waals surface area contributed by atoms with E-state index in [1.807, 2.05) is 0 Å². The molecule has 1 nitrogen and oxygen atoms in total. The zero-order valence-electron chi connectivity index (χ0n) is 8.97. The van der Waals surface area contributed by atoms with Gasteiger partial charge in [0.15, 0.2) is 0 Å². The van der Waals surface area contributed by atoms with Gasteiger partial charge in [-0.25, -0.2) is 4.39 Å². The summed E-state index contributed by atoms with van der Waals surface area (Å²) in [6.07, 6.45) is 4.23. The average molecular weight is 230 g/mol. The molecular weight excluding hydrogens is 213 g/mol. The zero-order valence-corrected chi connectivity index (χ0v) is 9.73. The molecule has 2 N–H and O–H groups in total. The van der Waals surface area contributed by atoms with Crippen molar-refractivity contribution in [3.05, 3.63) is 34.6 Å². The van der Waals surface area contributed by atoms with Crippen LogP contribution < -0.4 is 5.73 Å². The minimum atomic E-state index is -0.277. The van der Waals surface area contributed by atoms with Crippen LogP contribution in [-0.2, 0) is 0 Å². The molecule has 0 aliphatic rings. The van der Waals surface area contributed by atoms with Crippen LogP contribution in [0.25, 0.3) is 0 Å². The van der Waals surface area contributed by atoms with Crippen LogP contribution in [0.3, 0.4) is 0 Å². The van der Waals surface area contributed by atoms with E-state index in [1.54, 1.807) is 6.07 Å². The quantitative estimate of drug-likeness (QED) is 0.758. The monoisotopic (exact) mass is 229 g/mol. The van der Waals surface area contributed by atoms with E-state index in [9.17, 15) is 4.39 Å². The summed E-state index contributed by atoms with van der Waals surface area (Å²) >= 11 is 5.96. The molecule has 0 saturated carbocycles. The molecule has 0 aliphatic heterocycles. The molecule has 84 valence electrons. The van der Waals surface area contributed by atoms with Crippen LogP contribution in [0, 0.1) is 5.82 Å². The summed E-state index contributed by atoms with van der Waals surface area (Å²) in [4.78, 5) is 0. The highest BCUT2D eigenvalue weighted by Gasteiger charge is 2.10. The summed E-state index contributed by atoms with van der Waals surface area (Å²) in [6, 6.07) is 4.19. The van der Waals surface area contributed by atoms with Crippen LogP contribution in [0.1, 0.15) is 44.2 Å². The van der Waals surface area contributed by atoms with Crippen LogP contribution in [0.2, 0.25) is 5.02 Å². The fraction of sp³-hybridized carbons (Fsp3) is 0.500. The van der Waals surface area contributed by atoms with E-state index in [1.165, 1.54) is 12.1 Å². The maximum Gasteiger partial charge on any atom is 0.123 e. The van der Waals surface area contributed by atoms with Crippen LogP contribution in [0.15, 0.2) is 18.2 Å². The molecule has 0 fully saturated rings. The Hall–Kier alpha value is -0.600. The van der Waals surface area contributed by atoms with Crippen molar-refractivity contribution in [3.63, 3.8) is 0 Å². The van der Waals surface area contributed by atoms with Crippen molar-refractivity contribution in [1.29, 1.82) is 0 Å². The largest absolute Gasteiger partial charge is 0.324 e. The molecule has 0 unspecified atom stereocenters. The van der Waals surface area contributed by atoms with Gasteiger partial charge in [-0.15, -0.1) is 0 Å². The lowest BCUT2D eigenvalue weighted by molar-refractivity contribution is 0.572. The van der Waals surface area contributed by atoms with Gasteiger partial charge >= 0.3 is 0 Å². The summed E-state index contributed by atoms with van der Waals surface area (Å²) in [5.41, 5.74) is 6.67. The Balaban J connectivity index is 2.64. The van der Waals surface area contributed by atoms with E-state index in [0.29, 0.717) is 10.6 Å². The Morgan fingerprint density at radius 2 is 2.13 bits per heavy atom. The standard InChI is InChI=1S/C12H17ClFN/c1-2-3-4-5-12(15)10-8-9(14)6-7-11(10)13/h6-8,12H,2-5,15H2,1H3/t12-/m1/s1. The number of rotatable bonds is 5. The molecule has 0 aromatic heterocycles. The first-order valence-corrected chi connectivity index (χ1v) is 5.73. The van der Waals surface area contributed by atoms with Gasteiger partial charge in [-0.3, -0.25) is 0 Å². The second-order valence-electron chi connectivity index (χ2n) is 3.77. The van der Waals surface area contributed by atoms with Crippen LogP contribution >= 0.6 is 11.6 Å². The maximum atomic E-state index is 13.0. The Bertz CT molecular complexity index is 314. The van der Waals surface area contributed by atoms with E-state index < -0.39 is 0 Å². The first-order chi connectivity index (χ1) is 7.15. The number of unbranched alkanes of at least 4 members (excludes halogenated alkanes) is 2. The molecule has 0 radical (unpaired) electrons. The second kappa shape index (κ2) is 6.09. The second-order valence-corrected chi connectivity index (χ2v) is 4.18. The number of hydrogen-bond acceptors (Lipinski definition) is 1. The fourth-order valence-corrected chi connectivity index (χ4v) is 1.83. The van der Waals surface area contributed by atoms with Crippen molar-refractivity contribution in [2.45, 2.75) is 38.6 Å². The third-order valence-corrected chi connectivity index (χ3v) is 2.82. The van der Waals surface area contributed by atoms with E-state index >= 15 is 0 Å². The van der Waals surface area contributed by atoms with Crippen molar-refractivity contribution in [1.82, 2.24) is 0 Å². The number of nitrogens with two attached hydrogens (primary N) is 1. The SMILES string of the molecule is CCCCC[C@@H](N)c1cc(F)ccc1Cl. The first kappa shape index (κ1) is 12.5. The normalized spacial score (nSPS) is 12.8. The van der Waals surface area contributed by atoms with Crippen LogP contribution in [-0.4, -0.2) is 0 Å². The summed E-state index contributed by atoms with van der Waals surface area (Å²) in [6.45, 7) is 2.14. The Kier molecular flexibility index (Phi) is 5.06. The minimum Gasteiger partial charge on any atom is -0.324 e. The Morgan fingerprint density at radius 3 is 2.80 bits per heavy atom. The lowest BCUT2D eigenvalue weighted by atomic mass is 10.0. The molecule has 15 heavy (non-hydrogen) atoms. The molecule has 1 aromatic rings. The molecular formula is C12H17ClFN. The van der Waals surface area contributed by atoms with Crippen molar-refractivity contribution in [3.8, 4) is 0 Å². The predicted molar refractivity (Wildman–Crippen MR) is 62.5 cm³/mol. The molecule has 1 rings (SSSR count). The van der Waals surface area contributed by atoms with Crippen molar-refractivity contribution < 1.29 is 4.39 Å². The fourth-order valence-electron chi connectivity index (χ4n) is 1.57. The topological polar surface area (TPSA) is 26.0 Å². The lowest BCUT2D eigenvalue weighted by Crippen LogP contribution is -2.11. The smallest absolute Gasteiger partial charge is 0.123 e. The van der Waals surface area contributed by atoms with E-state index in [2.05, 4.69) is 6.92 Å². The van der Waals surface area contributed by atoms with Gasteiger partial charge in [0, 0.05) is 11.1 Å². The molecule has 0 spiro atoms. The van der Waals surface area contributed by atoms with E-state index in [-0.39, 0.29) is 11.9 Å². The number of hydrogen-bond donors (Lipinski definition) is 1. The van der Waals surface area contributed by atoms with Gasteiger partial charge in [-0.2, -0.15) is 0 Å². The first-order valence-electron chi connectivity index (χ1n) is 5.35. The van der Waals surface area contributed by atoms with E-state index in [0.717, 1.165) is 25.7 Å². The highest BCUT2D eigenvalue weighted by molar-refractivity contribution is 6.31. The lowest BCUT2D eigenvalue weighted by Gasteiger charge is -2.13. The van der Waals surface area contributed by atoms with Gasteiger partial charge in [-0.05, 0) is 30.2 Å². The van der Waals surface area contributed by atoms with Gasteiger partial charge in [0.05, 0.1) is 0 Å². The summed E-state index contributed by atoms with van der Waals surface area (Å²) in [5, 5.41) is 0.556. The third-order valence-electron chi connectivity index (χ3n) is 2.48. The molecule has 0 aliphatic carbocycles. The Morgan fingerprint density at radius 1 is 1.40 bits per heavy atom. The highest BCUT2D eigenvalue weighted by Crippen LogP contribution is 2.25. The van der Waals surface area contributed by atoms with E-state index in [4.69, 9.17) is 17.3 Å². The van der Waals surface area contributed by atoms with Gasteiger partial charge in [-0.1, -0.05) is 37.8 Å². The summed E-state index contributed by atoms with van der Waals surface area (Å²) < 4.78 is 13.0. The van der Waals surface area contributed by atoms with Crippen molar-refractivity contribution in [2.75, 3.05) is 0 Å². The Labute approximate surface area is 95.4 Å². The van der Waals surface area contributed by atoms with Gasteiger partial charge in [0.25, 0.3) is 0 Å². The molecule has 0 amide bonds. The molecule has 1 aromatic carbocycles.